The maximum Gasteiger partial charge on any atom is 0.280 e. The SMILES string of the molecule is C=C/C(C(=O)Nc1ccc(C)cc1)=C1/NC(=C2CC2)C=C(C(F)F)N1N. The van der Waals surface area contributed by atoms with Gasteiger partial charge >= 0.3 is 0 Å². The first-order valence-corrected chi connectivity index (χ1v) is 8.19. The van der Waals surface area contributed by atoms with Crippen molar-refractivity contribution >= 4 is 11.6 Å². The van der Waals surface area contributed by atoms with Gasteiger partial charge in [0.05, 0.1) is 5.57 Å². The van der Waals surface area contributed by atoms with Crippen LogP contribution in [-0.2, 0) is 4.79 Å². The van der Waals surface area contributed by atoms with E-state index >= 15 is 0 Å². The van der Waals surface area contributed by atoms with Gasteiger partial charge in [-0.05, 0) is 43.5 Å². The molecule has 1 aromatic rings. The molecule has 0 unspecified atom stereocenters. The average Bonchev–Trinajstić information content (AvgIpc) is 3.44. The first kappa shape index (κ1) is 17.9. The maximum atomic E-state index is 13.4. The Morgan fingerprint density at radius 3 is 2.54 bits per heavy atom. The second-order valence-electron chi connectivity index (χ2n) is 6.17. The summed E-state index contributed by atoms with van der Waals surface area (Å²) >= 11 is 0. The molecule has 5 nitrogen and oxygen atoms in total. The van der Waals surface area contributed by atoms with E-state index < -0.39 is 12.3 Å². The molecule has 1 aliphatic carbocycles. The first-order chi connectivity index (χ1) is 12.4. The molecule has 3 rings (SSSR count). The minimum absolute atomic E-state index is 0.0804. The summed E-state index contributed by atoms with van der Waals surface area (Å²) in [5, 5.41) is 6.53. The van der Waals surface area contributed by atoms with Crippen molar-refractivity contribution in [3.05, 3.63) is 76.9 Å². The van der Waals surface area contributed by atoms with E-state index in [0.29, 0.717) is 11.4 Å². The number of nitrogens with one attached hydrogen (secondary N) is 2. The number of alkyl halides is 2. The Morgan fingerprint density at radius 1 is 1.35 bits per heavy atom. The standard InChI is InChI=1S/C19H20F2N4O/c1-3-14(19(26)23-13-8-4-11(2)5-9-13)18-24-15(12-6-7-12)10-16(17(20)21)25(18)22/h3-5,8-10,17,24H,1,6-7,22H2,2H3,(H,23,26)/b18-14+. The van der Waals surface area contributed by atoms with Crippen LogP contribution in [0, 0.1) is 6.92 Å². The number of rotatable bonds is 4. The van der Waals surface area contributed by atoms with Gasteiger partial charge in [-0.15, -0.1) is 0 Å². The molecule has 1 saturated carbocycles. The summed E-state index contributed by atoms with van der Waals surface area (Å²) in [5.41, 5.74) is 2.95. The molecule has 0 aromatic heterocycles. The summed E-state index contributed by atoms with van der Waals surface area (Å²) in [5.74, 6) is 5.44. The van der Waals surface area contributed by atoms with Crippen LogP contribution in [0.3, 0.4) is 0 Å². The molecule has 26 heavy (non-hydrogen) atoms. The Hall–Kier alpha value is -2.93. The van der Waals surface area contributed by atoms with Gasteiger partial charge < -0.3 is 10.6 Å². The van der Waals surface area contributed by atoms with Crippen molar-refractivity contribution < 1.29 is 13.6 Å². The van der Waals surface area contributed by atoms with E-state index in [1.807, 2.05) is 19.1 Å². The molecule has 1 amide bonds. The minimum atomic E-state index is -2.77. The molecule has 136 valence electrons. The number of hydrogen-bond donors (Lipinski definition) is 3. The van der Waals surface area contributed by atoms with Crippen LogP contribution in [0.2, 0.25) is 0 Å². The molecule has 4 N–H and O–H groups in total. The molecule has 2 aliphatic rings. The molecular formula is C19H20F2N4O. The van der Waals surface area contributed by atoms with Crippen LogP contribution in [0.25, 0.3) is 0 Å². The average molecular weight is 358 g/mol. The van der Waals surface area contributed by atoms with E-state index in [9.17, 15) is 13.6 Å². The van der Waals surface area contributed by atoms with Gasteiger partial charge in [-0.2, -0.15) is 0 Å². The topological polar surface area (TPSA) is 70.4 Å². The third kappa shape index (κ3) is 3.67. The molecule has 1 aliphatic heterocycles. The zero-order chi connectivity index (χ0) is 18.8. The van der Waals surface area contributed by atoms with E-state index in [1.54, 1.807) is 12.1 Å². The lowest BCUT2D eigenvalue weighted by Crippen LogP contribution is -2.43. The number of allylic oxidation sites excluding steroid dienone is 3. The quantitative estimate of drug-likeness (QED) is 0.570. The highest BCUT2D eigenvalue weighted by Crippen LogP contribution is 2.35. The maximum absolute atomic E-state index is 13.4. The highest BCUT2D eigenvalue weighted by molar-refractivity contribution is 6.06. The third-order valence-electron chi connectivity index (χ3n) is 4.18. The number of nitrogens with two attached hydrogens (primary N) is 1. The van der Waals surface area contributed by atoms with Crippen LogP contribution in [0.1, 0.15) is 18.4 Å². The number of nitrogens with zero attached hydrogens (tertiary/aromatic N) is 1. The van der Waals surface area contributed by atoms with E-state index in [1.165, 1.54) is 12.2 Å². The number of carbonyl (C=O) groups is 1. The number of hydrogen-bond acceptors (Lipinski definition) is 4. The van der Waals surface area contributed by atoms with Crippen LogP contribution in [-0.4, -0.2) is 17.3 Å². The van der Waals surface area contributed by atoms with E-state index in [2.05, 4.69) is 17.2 Å². The third-order valence-corrected chi connectivity index (χ3v) is 4.18. The summed E-state index contributed by atoms with van der Waals surface area (Å²) in [6.45, 7) is 5.58. The molecule has 1 fully saturated rings. The zero-order valence-corrected chi connectivity index (χ0v) is 14.4. The van der Waals surface area contributed by atoms with Gasteiger partial charge in [0.25, 0.3) is 12.3 Å². The molecule has 0 spiro atoms. The molecule has 0 radical (unpaired) electrons. The summed E-state index contributed by atoms with van der Waals surface area (Å²) in [6, 6.07) is 7.24. The fourth-order valence-electron chi connectivity index (χ4n) is 2.59. The molecule has 1 heterocycles. The second kappa shape index (κ2) is 7.13. The number of aryl methyl sites for hydroxylation is 1. The Kier molecular flexibility index (Phi) is 4.90. The number of amides is 1. The van der Waals surface area contributed by atoms with Gasteiger partial charge in [0.1, 0.15) is 11.5 Å². The Morgan fingerprint density at radius 2 is 2.00 bits per heavy atom. The predicted molar refractivity (Wildman–Crippen MR) is 96.5 cm³/mol. The van der Waals surface area contributed by atoms with Crippen LogP contribution < -0.4 is 16.5 Å². The van der Waals surface area contributed by atoms with Crippen LogP contribution >= 0.6 is 0 Å². The Labute approximate surface area is 150 Å². The second-order valence-corrected chi connectivity index (χ2v) is 6.17. The number of carbonyl (C=O) groups excluding carboxylic acids is 1. The van der Waals surface area contributed by atoms with Gasteiger partial charge in [0, 0.05) is 11.4 Å². The lowest BCUT2D eigenvalue weighted by atomic mass is 10.1. The van der Waals surface area contributed by atoms with Crippen molar-refractivity contribution in [3.8, 4) is 0 Å². The van der Waals surface area contributed by atoms with Crippen molar-refractivity contribution in [2.45, 2.75) is 26.2 Å². The molecule has 0 saturated heterocycles. The zero-order valence-electron chi connectivity index (χ0n) is 14.4. The van der Waals surface area contributed by atoms with Gasteiger partial charge in [-0.1, -0.05) is 30.4 Å². The highest BCUT2D eigenvalue weighted by Gasteiger charge is 2.31. The predicted octanol–water partition coefficient (Wildman–Crippen LogP) is 3.31. The van der Waals surface area contributed by atoms with Crippen LogP contribution in [0.4, 0.5) is 14.5 Å². The Balaban J connectivity index is 1.95. The van der Waals surface area contributed by atoms with E-state index in [4.69, 9.17) is 5.84 Å². The number of hydrazine groups is 1. The molecule has 0 atom stereocenters. The van der Waals surface area contributed by atoms with Crippen molar-refractivity contribution in [3.63, 3.8) is 0 Å². The molecule has 0 bridgehead atoms. The molecule has 7 heteroatoms. The molecule has 1 aromatic carbocycles. The number of benzene rings is 1. The fourth-order valence-corrected chi connectivity index (χ4v) is 2.59. The highest BCUT2D eigenvalue weighted by atomic mass is 19.3. The van der Waals surface area contributed by atoms with Crippen molar-refractivity contribution in [1.29, 1.82) is 0 Å². The minimum Gasteiger partial charge on any atom is -0.340 e. The fraction of sp³-hybridized carbons (Fsp3) is 0.211. The smallest absolute Gasteiger partial charge is 0.280 e. The monoisotopic (exact) mass is 358 g/mol. The van der Waals surface area contributed by atoms with Gasteiger partial charge in [0.2, 0.25) is 0 Å². The molecular weight excluding hydrogens is 338 g/mol. The van der Waals surface area contributed by atoms with E-state index in [0.717, 1.165) is 29.0 Å². The lowest BCUT2D eigenvalue weighted by molar-refractivity contribution is -0.112. The van der Waals surface area contributed by atoms with Gasteiger partial charge in [-0.25, -0.2) is 14.6 Å². The van der Waals surface area contributed by atoms with Crippen LogP contribution in [0.5, 0.6) is 0 Å². The summed E-state index contributed by atoms with van der Waals surface area (Å²) in [6.07, 6.45) is 1.54. The summed E-state index contributed by atoms with van der Waals surface area (Å²) in [4.78, 5) is 12.7. The largest absolute Gasteiger partial charge is 0.340 e. The number of anilines is 1. The number of halogens is 2. The van der Waals surface area contributed by atoms with Crippen molar-refractivity contribution in [1.82, 2.24) is 10.3 Å². The van der Waals surface area contributed by atoms with Gasteiger partial charge in [-0.3, -0.25) is 9.80 Å². The van der Waals surface area contributed by atoms with Gasteiger partial charge in [0.15, 0.2) is 0 Å². The van der Waals surface area contributed by atoms with Crippen molar-refractivity contribution in [2.24, 2.45) is 5.84 Å². The first-order valence-electron chi connectivity index (χ1n) is 8.19. The van der Waals surface area contributed by atoms with Crippen LogP contribution in [0.15, 0.2) is 71.4 Å². The summed E-state index contributed by atoms with van der Waals surface area (Å²) in [7, 11) is 0. The van der Waals surface area contributed by atoms with E-state index in [-0.39, 0.29) is 17.1 Å². The normalized spacial score (nSPS) is 18.3. The summed E-state index contributed by atoms with van der Waals surface area (Å²) < 4.78 is 26.7. The lowest BCUT2D eigenvalue weighted by Gasteiger charge is -2.31. The van der Waals surface area contributed by atoms with Crippen molar-refractivity contribution in [2.75, 3.05) is 5.32 Å². The Bertz CT molecular complexity index is 832.